The maximum atomic E-state index is 12.1. The number of carbonyl (C=O) groups excluding carboxylic acids is 5. The normalized spacial score (nSPS) is 22.2. The second kappa shape index (κ2) is 13.0. The van der Waals surface area contributed by atoms with Gasteiger partial charge in [0, 0.05) is 39.5 Å². The van der Waals surface area contributed by atoms with E-state index >= 15 is 0 Å². The van der Waals surface area contributed by atoms with Crippen molar-refractivity contribution in [3.63, 3.8) is 0 Å². The highest BCUT2D eigenvalue weighted by atomic mass is 16.7. The Labute approximate surface area is 224 Å². The molecule has 0 aliphatic carbocycles. The molecule has 0 amide bonds. The molecule has 1 aromatic carbocycles. The van der Waals surface area contributed by atoms with Crippen molar-refractivity contribution < 1.29 is 52.4 Å². The van der Waals surface area contributed by atoms with E-state index in [0.29, 0.717) is 16.8 Å². The Hall–Kier alpha value is -4.32. The summed E-state index contributed by atoms with van der Waals surface area (Å²) in [7, 11) is 1.27. The number of pyridine rings is 1. The van der Waals surface area contributed by atoms with E-state index in [1.54, 1.807) is 36.4 Å². The van der Waals surface area contributed by atoms with E-state index in [1.807, 2.05) is 0 Å². The van der Waals surface area contributed by atoms with E-state index in [2.05, 4.69) is 4.98 Å². The topological polar surface area (TPSA) is 154 Å². The van der Waals surface area contributed by atoms with Crippen molar-refractivity contribution in [1.82, 2.24) is 4.98 Å². The van der Waals surface area contributed by atoms with Gasteiger partial charge in [0.2, 0.25) is 0 Å². The minimum absolute atomic E-state index is 0.275. The Morgan fingerprint density at radius 1 is 0.821 bits per heavy atom. The van der Waals surface area contributed by atoms with Gasteiger partial charge in [-0.25, -0.2) is 4.79 Å². The molecule has 1 aliphatic heterocycles. The molecule has 0 radical (unpaired) electrons. The van der Waals surface area contributed by atoms with E-state index < -0.39 is 60.4 Å². The minimum Gasteiger partial charge on any atom is -0.465 e. The first-order valence-corrected chi connectivity index (χ1v) is 11.9. The van der Waals surface area contributed by atoms with Gasteiger partial charge in [0.25, 0.3) is 0 Å². The molecule has 1 fully saturated rings. The Morgan fingerprint density at radius 2 is 1.46 bits per heavy atom. The molecule has 5 atom stereocenters. The number of hydrogen-bond acceptors (Lipinski definition) is 12. The average molecular weight is 544 g/mol. The number of aromatic nitrogens is 1. The van der Waals surface area contributed by atoms with Gasteiger partial charge in [0.15, 0.2) is 18.3 Å². The van der Waals surface area contributed by atoms with Gasteiger partial charge in [-0.3, -0.25) is 24.2 Å². The SMILES string of the molecule is COC(=O)c1ccc(-c2cccc([C@H]3O[C@H](COC(C)=O)[C@@H](OC(C)=O)[C@H](OC(C)=O)[C@@H]3OC(C)=O)c2)nc1. The summed E-state index contributed by atoms with van der Waals surface area (Å²) in [5, 5.41) is 0. The molecule has 2 heterocycles. The van der Waals surface area contributed by atoms with Crippen LogP contribution in [0, 0.1) is 0 Å². The van der Waals surface area contributed by atoms with Crippen LogP contribution in [0.5, 0.6) is 0 Å². The van der Waals surface area contributed by atoms with Gasteiger partial charge in [-0.15, -0.1) is 0 Å². The first-order valence-electron chi connectivity index (χ1n) is 11.9. The summed E-state index contributed by atoms with van der Waals surface area (Å²) in [5.41, 5.74) is 1.94. The van der Waals surface area contributed by atoms with Crippen molar-refractivity contribution >= 4 is 29.8 Å². The molecule has 208 valence electrons. The van der Waals surface area contributed by atoms with E-state index in [1.165, 1.54) is 27.2 Å². The Balaban J connectivity index is 2.06. The molecule has 3 rings (SSSR count). The number of methoxy groups -OCH3 is 1. The number of nitrogens with zero attached hydrogens (tertiary/aromatic N) is 1. The zero-order valence-electron chi connectivity index (χ0n) is 22.1. The summed E-state index contributed by atoms with van der Waals surface area (Å²) >= 11 is 0. The minimum atomic E-state index is -1.28. The second-order valence-corrected chi connectivity index (χ2v) is 8.67. The molecule has 0 N–H and O–H groups in total. The van der Waals surface area contributed by atoms with Crippen molar-refractivity contribution in [2.45, 2.75) is 58.2 Å². The first-order chi connectivity index (χ1) is 18.5. The molecule has 0 saturated carbocycles. The summed E-state index contributed by atoms with van der Waals surface area (Å²) in [5.74, 6) is -3.25. The maximum absolute atomic E-state index is 12.1. The van der Waals surface area contributed by atoms with Gasteiger partial charge in [0.1, 0.15) is 18.8 Å². The van der Waals surface area contributed by atoms with Crippen LogP contribution >= 0.6 is 0 Å². The molecule has 0 unspecified atom stereocenters. The van der Waals surface area contributed by atoms with Crippen molar-refractivity contribution in [3.05, 3.63) is 53.7 Å². The molecule has 1 saturated heterocycles. The van der Waals surface area contributed by atoms with Crippen LogP contribution in [-0.2, 0) is 47.6 Å². The number of rotatable bonds is 8. The molecule has 0 bridgehead atoms. The van der Waals surface area contributed by atoms with Gasteiger partial charge < -0.3 is 28.4 Å². The summed E-state index contributed by atoms with van der Waals surface area (Å²) < 4.78 is 32.5. The molecular formula is C27H29NO11. The lowest BCUT2D eigenvalue weighted by Crippen LogP contribution is -2.59. The van der Waals surface area contributed by atoms with Crippen LogP contribution in [0.15, 0.2) is 42.6 Å². The van der Waals surface area contributed by atoms with Gasteiger partial charge in [-0.05, 0) is 23.8 Å². The summed E-state index contributed by atoms with van der Waals surface area (Å²) in [6.45, 7) is 4.36. The summed E-state index contributed by atoms with van der Waals surface area (Å²) in [4.78, 5) is 63.7. The lowest BCUT2D eigenvalue weighted by Gasteiger charge is -2.44. The van der Waals surface area contributed by atoms with Gasteiger partial charge in [-0.1, -0.05) is 18.2 Å². The van der Waals surface area contributed by atoms with Crippen LogP contribution in [0.1, 0.15) is 49.7 Å². The fraction of sp³-hybridized carbons (Fsp3) is 0.407. The Bertz CT molecular complexity index is 1230. The lowest BCUT2D eigenvalue weighted by atomic mass is 9.89. The van der Waals surface area contributed by atoms with Gasteiger partial charge in [-0.2, -0.15) is 0 Å². The molecule has 12 heteroatoms. The number of hydrogen-bond donors (Lipinski definition) is 0. The number of benzene rings is 1. The smallest absolute Gasteiger partial charge is 0.339 e. The third-order valence-electron chi connectivity index (χ3n) is 5.69. The number of ether oxygens (including phenoxy) is 6. The molecule has 39 heavy (non-hydrogen) atoms. The predicted octanol–water partition coefficient (Wildman–Crippen LogP) is 2.33. The molecular weight excluding hydrogens is 514 g/mol. The van der Waals surface area contributed by atoms with E-state index in [0.717, 1.165) is 13.8 Å². The largest absolute Gasteiger partial charge is 0.465 e. The molecule has 2 aromatic rings. The molecule has 0 spiro atoms. The fourth-order valence-corrected chi connectivity index (χ4v) is 4.17. The van der Waals surface area contributed by atoms with Crippen LogP contribution < -0.4 is 0 Å². The monoisotopic (exact) mass is 543 g/mol. The van der Waals surface area contributed by atoms with Crippen LogP contribution in [0.2, 0.25) is 0 Å². The fourth-order valence-electron chi connectivity index (χ4n) is 4.17. The van der Waals surface area contributed by atoms with E-state index in [9.17, 15) is 24.0 Å². The van der Waals surface area contributed by atoms with Crippen molar-refractivity contribution in [1.29, 1.82) is 0 Å². The van der Waals surface area contributed by atoms with Crippen molar-refractivity contribution in [2.75, 3.05) is 13.7 Å². The quantitative estimate of drug-likeness (QED) is 0.355. The van der Waals surface area contributed by atoms with Crippen LogP contribution in [0.4, 0.5) is 0 Å². The van der Waals surface area contributed by atoms with Crippen LogP contribution in [0.3, 0.4) is 0 Å². The Kier molecular flexibility index (Phi) is 9.72. The molecule has 12 nitrogen and oxygen atoms in total. The van der Waals surface area contributed by atoms with Gasteiger partial charge >= 0.3 is 29.8 Å². The van der Waals surface area contributed by atoms with E-state index in [-0.39, 0.29) is 12.2 Å². The predicted molar refractivity (Wildman–Crippen MR) is 132 cm³/mol. The molecule has 1 aliphatic rings. The third kappa shape index (κ3) is 7.60. The third-order valence-corrected chi connectivity index (χ3v) is 5.69. The Morgan fingerprint density at radius 3 is 2.03 bits per heavy atom. The zero-order valence-corrected chi connectivity index (χ0v) is 22.1. The highest BCUT2D eigenvalue weighted by Crippen LogP contribution is 2.38. The zero-order chi connectivity index (χ0) is 28.7. The van der Waals surface area contributed by atoms with Crippen LogP contribution in [0.25, 0.3) is 11.3 Å². The number of esters is 5. The van der Waals surface area contributed by atoms with Crippen molar-refractivity contribution in [3.8, 4) is 11.3 Å². The summed E-state index contributed by atoms with van der Waals surface area (Å²) in [6, 6.07) is 10.1. The lowest BCUT2D eigenvalue weighted by molar-refractivity contribution is -0.254. The molecule has 1 aromatic heterocycles. The highest BCUT2D eigenvalue weighted by Gasteiger charge is 2.52. The number of carbonyl (C=O) groups is 5. The van der Waals surface area contributed by atoms with Gasteiger partial charge in [0.05, 0.1) is 18.4 Å². The standard InChI is InChI=1S/C27H29NO11/c1-14(29)35-13-22-24(36-15(2)30)26(38-17(4)32)25(37-16(3)31)23(39-22)19-8-6-7-18(11-19)21-10-9-20(12-28-21)27(33)34-5/h6-12,22-26H,13H2,1-5H3/t22-,23-,24-,25-,26+/m1/s1. The maximum Gasteiger partial charge on any atom is 0.339 e. The first kappa shape index (κ1) is 29.2. The average Bonchev–Trinajstić information content (AvgIpc) is 2.88. The highest BCUT2D eigenvalue weighted by molar-refractivity contribution is 5.89. The van der Waals surface area contributed by atoms with Crippen molar-refractivity contribution in [2.24, 2.45) is 0 Å². The van der Waals surface area contributed by atoms with E-state index in [4.69, 9.17) is 28.4 Å². The second-order valence-electron chi connectivity index (χ2n) is 8.67. The van der Waals surface area contributed by atoms with Crippen LogP contribution in [-0.4, -0.2) is 73.0 Å². The summed E-state index contributed by atoms with van der Waals surface area (Å²) in [6.07, 6.45) is -4.48.